The van der Waals surface area contributed by atoms with Crippen LogP contribution in [0.25, 0.3) is 27.7 Å². The van der Waals surface area contributed by atoms with E-state index in [9.17, 15) is 9.59 Å². The Labute approximate surface area is 212 Å². The molecule has 0 saturated carbocycles. The van der Waals surface area contributed by atoms with Crippen LogP contribution in [0, 0.1) is 0 Å². The monoisotopic (exact) mass is 499 g/mol. The standard InChI is InChI=1S/C28H22ClN3O4/c1-17(12-27(33)30-26-15-28(34)32(31-26)20-6-4-3-5-7-20)21-13-22-23(18-8-10-19(29)11-9-18)16-36-25(22)14-24(21)35-2/h3-14,16H,15H2,1-2H3,(H,30,31,33)/b17-12+. The third-order valence-electron chi connectivity index (χ3n) is 5.87. The third kappa shape index (κ3) is 4.61. The van der Waals surface area contributed by atoms with E-state index in [1.165, 1.54) is 11.1 Å². The first kappa shape index (κ1) is 23.4. The second-order valence-corrected chi connectivity index (χ2v) is 8.72. The highest BCUT2D eigenvalue weighted by Crippen LogP contribution is 2.37. The first-order valence-electron chi connectivity index (χ1n) is 11.2. The number of hydrogen-bond donors (Lipinski definition) is 1. The van der Waals surface area contributed by atoms with Gasteiger partial charge in [0.2, 0.25) is 5.91 Å². The van der Waals surface area contributed by atoms with Crippen LogP contribution >= 0.6 is 11.6 Å². The number of para-hydroxylation sites is 1. The number of hydrogen-bond acceptors (Lipinski definition) is 5. The molecule has 1 aliphatic heterocycles. The van der Waals surface area contributed by atoms with E-state index in [0.29, 0.717) is 33.5 Å². The summed E-state index contributed by atoms with van der Waals surface area (Å²) in [6.07, 6.45) is 3.17. The van der Waals surface area contributed by atoms with Crippen molar-refractivity contribution in [3.63, 3.8) is 0 Å². The van der Waals surface area contributed by atoms with Gasteiger partial charge in [-0.1, -0.05) is 41.9 Å². The maximum Gasteiger partial charge on any atom is 0.255 e. The molecule has 1 aromatic heterocycles. The van der Waals surface area contributed by atoms with Crippen LogP contribution in [-0.4, -0.2) is 24.8 Å². The van der Waals surface area contributed by atoms with Crippen LogP contribution in [0.1, 0.15) is 18.9 Å². The molecule has 0 bridgehead atoms. The number of rotatable bonds is 5. The topological polar surface area (TPSA) is 84.1 Å². The van der Waals surface area contributed by atoms with Crippen molar-refractivity contribution < 1.29 is 18.7 Å². The Hall–Kier alpha value is -4.36. The summed E-state index contributed by atoms with van der Waals surface area (Å²) in [6, 6.07) is 20.3. The van der Waals surface area contributed by atoms with Crippen LogP contribution in [0.4, 0.5) is 5.69 Å². The van der Waals surface area contributed by atoms with E-state index < -0.39 is 0 Å². The van der Waals surface area contributed by atoms with Crippen molar-refractivity contribution in [3.05, 3.63) is 89.7 Å². The second-order valence-electron chi connectivity index (χ2n) is 8.29. The van der Waals surface area contributed by atoms with E-state index in [4.69, 9.17) is 20.8 Å². The molecule has 0 fully saturated rings. The Morgan fingerprint density at radius 2 is 1.89 bits per heavy atom. The highest BCUT2D eigenvalue weighted by molar-refractivity contribution is 6.30. The summed E-state index contributed by atoms with van der Waals surface area (Å²) in [5.41, 5.74) is 4.60. The quantitative estimate of drug-likeness (QED) is 0.340. The lowest BCUT2D eigenvalue weighted by Crippen LogP contribution is -2.28. The van der Waals surface area contributed by atoms with Crippen LogP contribution in [0.2, 0.25) is 5.02 Å². The van der Waals surface area contributed by atoms with Crippen LogP contribution in [0.15, 0.2) is 88.6 Å². The number of allylic oxidation sites excluding steroid dienone is 1. The molecule has 180 valence electrons. The van der Waals surface area contributed by atoms with E-state index in [1.54, 1.807) is 31.6 Å². The average molecular weight is 500 g/mol. The van der Waals surface area contributed by atoms with Gasteiger partial charge in [-0.15, -0.1) is 0 Å². The first-order valence-corrected chi connectivity index (χ1v) is 11.6. The molecule has 7 nitrogen and oxygen atoms in total. The Bertz CT molecular complexity index is 1520. The minimum Gasteiger partial charge on any atom is -0.496 e. The number of hydrazone groups is 1. The zero-order valence-electron chi connectivity index (χ0n) is 19.6. The molecule has 36 heavy (non-hydrogen) atoms. The molecule has 2 amide bonds. The van der Waals surface area contributed by atoms with Gasteiger partial charge in [-0.3, -0.25) is 9.59 Å². The maximum absolute atomic E-state index is 12.8. The SMILES string of the molecule is COc1cc2occ(-c3ccc(Cl)cc3)c2cc1/C(C)=C/C(=O)NC1=NN(c2ccccc2)C(=O)C1. The third-order valence-corrected chi connectivity index (χ3v) is 6.12. The Kier molecular flexibility index (Phi) is 6.31. The van der Waals surface area contributed by atoms with Gasteiger partial charge in [0.15, 0.2) is 0 Å². The van der Waals surface area contributed by atoms with Gasteiger partial charge in [0.25, 0.3) is 5.91 Å². The molecular formula is C28H22ClN3O4. The number of methoxy groups -OCH3 is 1. The van der Waals surface area contributed by atoms with Crippen molar-refractivity contribution in [1.82, 2.24) is 5.32 Å². The van der Waals surface area contributed by atoms with Gasteiger partial charge in [-0.05, 0) is 48.4 Å². The van der Waals surface area contributed by atoms with E-state index >= 15 is 0 Å². The first-order chi connectivity index (χ1) is 17.4. The second kappa shape index (κ2) is 9.71. The molecule has 0 radical (unpaired) electrons. The number of benzene rings is 3. The fourth-order valence-electron chi connectivity index (χ4n) is 4.11. The molecule has 0 saturated heterocycles. The lowest BCUT2D eigenvalue weighted by molar-refractivity contribution is -0.116. The zero-order chi connectivity index (χ0) is 25.2. The van der Waals surface area contributed by atoms with Crippen molar-refractivity contribution in [1.29, 1.82) is 0 Å². The van der Waals surface area contributed by atoms with E-state index in [0.717, 1.165) is 22.1 Å². The van der Waals surface area contributed by atoms with Gasteiger partial charge in [-0.2, -0.15) is 10.1 Å². The summed E-state index contributed by atoms with van der Waals surface area (Å²) in [6.45, 7) is 1.82. The van der Waals surface area contributed by atoms with Gasteiger partial charge in [-0.25, -0.2) is 0 Å². The number of fused-ring (bicyclic) bond motifs is 1. The number of amides is 2. The molecule has 0 unspecified atom stereocenters. The molecule has 3 aromatic carbocycles. The number of amidine groups is 1. The summed E-state index contributed by atoms with van der Waals surface area (Å²) in [4.78, 5) is 25.2. The van der Waals surface area contributed by atoms with Crippen molar-refractivity contribution >= 4 is 51.5 Å². The molecule has 0 atom stereocenters. The summed E-state index contributed by atoms with van der Waals surface area (Å²) in [7, 11) is 1.57. The molecule has 8 heteroatoms. The molecular weight excluding hydrogens is 478 g/mol. The Morgan fingerprint density at radius 3 is 2.61 bits per heavy atom. The normalized spacial score (nSPS) is 13.8. The van der Waals surface area contributed by atoms with E-state index in [2.05, 4.69) is 10.4 Å². The van der Waals surface area contributed by atoms with Crippen molar-refractivity contribution in [2.75, 3.05) is 12.1 Å². The van der Waals surface area contributed by atoms with Crippen LogP contribution in [0.5, 0.6) is 5.75 Å². The molecule has 0 aliphatic carbocycles. The predicted molar refractivity (Wildman–Crippen MR) is 141 cm³/mol. The minimum atomic E-state index is -0.388. The number of carbonyl (C=O) groups is 2. The summed E-state index contributed by atoms with van der Waals surface area (Å²) in [5, 5.41) is 9.82. The van der Waals surface area contributed by atoms with Gasteiger partial charge >= 0.3 is 0 Å². The molecule has 4 aromatic rings. The summed E-state index contributed by atoms with van der Waals surface area (Å²) in [5.74, 6) is 0.269. The van der Waals surface area contributed by atoms with Gasteiger partial charge in [0, 0.05) is 33.7 Å². The smallest absolute Gasteiger partial charge is 0.255 e. The van der Waals surface area contributed by atoms with Gasteiger partial charge in [0.1, 0.15) is 17.2 Å². The number of halogens is 1. The van der Waals surface area contributed by atoms with Crippen LogP contribution < -0.4 is 15.1 Å². The summed E-state index contributed by atoms with van der Waals surface area (Å²) < 4.78 is 11.3. The number of nitrogens with one attached hydrogen (secondary N) is 1. The minimum absolute atomic E-state index is 0.0161. The number of furan rings is 1. The van der Waals surface area contributed by atoms with E-state index in [-0.39, 0.29) is 18.2 Å². The molecule has 1 aliphatic rings. The van der Waals surface area contributed by atoms with Crippen molar-refractivity contribution in [3.8, 4) is 16.9 Å². The predicted octanol–water partition coefficient (Wildman–Crippen LogP) is 6.03. The Morgan fingerprint density at radius 1 is 1.14 bits per heavy atom. The largest absolute Gasteiger partial charge is 0.496 e. The van der Waals surface area contributed by atoms with Crippen molar-refractivity contribution in [2.45, 2.75) is 13.3 Å². The van der Waals surface area contributed by atoms with Crippen molar-refractivity contribution in [2.24, 2.45) is 5.10 Å². The average Bonchev–Trinajstić information content (AvgIpc) is 3.46. The lowest BCUT2D eigenvalue weighted by atomic mass is 9.99. The Balaban J connectivity index is 1.42. The van der Waals surface area contributed by atoms with Gasteiger partial charge in [0.05, 0.1) is 25.5 Å². The van der Waals surface area contributed by atoms with Gasteiger partial charge < -0.3 is 14.5 Å². The lowest BCUT2D eigenvalue weighted by Gasteiger charge is -2.10. The van der Waals surface area contributed by atoms with Crippen LogP contribution in [0.3, 0.4) is 0 Å². The molecule has 5 rings (SSSR count). The fourth-order valence-corrected chi connectivity index (χ4v) is 4.23. The maximum atomic E-state index is 12.8. The highest BCUT2D eigenvalue weighted by atomic mass is 35.5. The molecule has 1 N–H and O–H groups in total. The zero-order valence-corrected chi connectivity index (χ0v) is 20.4. The number of ether oxygens (including phenoxy) is 1. The summed E-state index contributed by atoms with van der Waals surface area (Å²) >= 11 is 6.04. The molecule has 2 heterocycles. The molecule has 0 spiro atoms. The number of carbonyl (C=O) groups excluding carboxylic acids is 2. The van der Waals surface area contributed by atoms with Crippen LogP contribution in [-0.2, 0) is 9.59 Å². The number of nitrogens with zero attached hydrogens (tertiary/aromatic N) is 2. The highest BCUT2D eigenvalue weighted by Gasteiger charge is 2.26. The fraction of sp³-hybridized carbons (Fsp3) is 0.107. The number of anilines is 1. The van der Waals surface area contributed by atoms with E-state index in [1.807, 2.05) is 55.5 Å².